The molecule has 114 valence electrons. The van der Waals surface area contributed by atoms with Crippen molar-refractivity contribution < 1.29 is 14.6 Å². The molecule has 21 heavy (non-hydrogen) atoms. The van der Waals surface area contributed by atoms with Gasteiger partial charge in [-0.3, -0.25) is 4.79 Å². The molecule has 1 aromatic rings. The van der Waals surface area contributed by atoms with E-state index >= 15 is 0 Å². The first kappa shape index (κ1) is 15.6. The molecule has 4 heteroatoms. The summed E-state index contributed by atoms with van der Waals surface area (Å²) in [6.07, 6.45) is 3.73. The van der Waals surface area contributed by atoms with Crippen molar-refractivity contribution in [1.82, 2.24) is 4.90 Å². The molecule has 0 aliphatic carbocycles. The molecule has 0 radical (unpaired) electrons. The Kier molecular flexibility index (Phi) is 5.39. The molecule has 0 bridgehead atoms. The number of amides is 1. The molecule has 0 aromatic heterocycles. The summed E-state index contributed by atoms with van der Waals surface area (Å²) in [5.74, 6) is 0.901. The van der Waals surface area contributed by atoms with Crippen LogP contribution in [0, 0.1) is 5.92 Å². The van der Waals surface area contributed by atoms with Crippen molar-refractivity contribution in [3.63, 3.8) is 0 Å². The molecule has 1 aliphatic heterocycles. The van der Waals surface area contributed by atoms with Gasteiger partial charge in [0.1, 0.15) is 5.75 Å². The second kappa shape index (κ2) is 7.27. The molecule has 0 saturated carbocycles. The lowest BCUT2D eigenvalue weighted by atomic mass is 9.97. The molecule has 2 unspecified atom stereocenters. The maximum absolute atomic E-state index is 12.2. The topological polar surface area (TPSA) is 49.8 Å². The maximum Gasteiger partial charge on any atom is 0.246 e. The summed E-state index contributed by atoms with van der Waals surface area (Å²) in [6, 6.07) is 7.66. The first-order valence-electron chi connectivity index (χ1n) is 7.48. The third kappa shape index (κ3) is 4.08. The minimum atomic E-state index is -0.295. The highest BCUT2D eigenvalue weighted by atomic mass is 16.5. The molecule has 2 rings (SSSR count). The highest BCUT2D eigenvalue weighted by Gasteiger charge is 2.25. The zero-order valence-corrected chi connectivity index (χ0v) is 12.7. The van der Waals surface area contributed by atoms with Gasteiger partial charge in [0.05, 0.1) is 12.7 Å². The van der Waals surface area contributed by atoms with Crippen molar-refractivity contribution in [2.75, 3.05) is 19.7 Å². The molecule has 2 atom stereocenters. The van der Waals surface area contributed by atoms with Gasteiger partial charge in [-0.15, -0.1) is 0 Å². The summed E-state index contributed by atoms with van der Waals surface area (Å²) < 4.78 is 5.54. The van der Waals surface area contributed by atoms with E-state index in [9.17, 15) is 9.90 Å². The van der Waals surface area contributed by atoms with Gasteiger partial charge in [0.2, 0.25) is 5.91 Å². The van der Waals surface area contributed by atoms with Crippen LogP contribution in [0.25, 0.3) is 6.08 Å². The fraction of sp³-hybridized carbons (Fsp3) is 0.471. The first-order chi connectivity index (χ1) is 10.1. The number of para-hydroxylation sites is 1. The monoisotopic (exact) mass is 289 g/mol. The van der Waals surface area contributed by atoms with Gasteiger partial charge in [-0.05, 0) is 31.4 Å². The van der Waals surface area contributed by atoms with Crippen LogP contribution in [0.1, 0.15) is 25.8 Å². The van der Waals surface area contributed by atoms with E-state index in [1.165, 1.54) is 0 Å². The summed E-state index contributed by atoms with van der Waals surface area (Å²) in [5, 5.41) is 9.71. The first-order valence-corrected chi connectivity index (χ1v) is 7.48. The molecule has 1 amide bonds. The summed E-state index contributed by atoms with van der Waals surface area (Å²) in [7, 11) is 0. The van der Waals surface area contributed by atoms with Crippen LogP contribution >= 0.6 is 0 Å². The number of nitrogens with zero attached hydrogens (tertiary/aromatic N) is 1. The van der Waals surface area contributed by atoms with Crippen LogP contribution in [0.3, 0.4) is 0 Å². The van der Waals surface area contributed by atoms with Gasteiger partial charge in [0.15, 0.2) is 0 Å². The molecule has 0 spiro atoms. The third-order valence-electron chi connectivity index (χ3n) is 3.80. The summed E-state index contributed by atoms with van der Waals surface area (Å²) in [5.41, 5.74) is 0.901. The normalized spacial score (nSPS) is 22.5. The standard InChI is InChI=1S/C17H23NO3/c1-3-21-16-7-5-4-6-14(16)8-9-17(20)18-11-10-15(19)13(2)12-18/h4-9,13,15,19H,3,10-12H2,1-2H3/b9-8+. The Hall–Kier alpha value is -1.81. The van der Waals surface area contributed by atoms with Gasteiger partial charge in [-0.1, -0.05) is 25.1 Å². The SMILES string of the molecule is CCOc1ccccc1/C=C/C(=O)N1CCC(O)C(C)C1. The minimum Gasteiger partial charge on any atom is -0.493 e. The van der Waals surface area contributed by atoms with E-state index in [1.54, 1.807) is 17.1 Å². The van der Waals surface area contributed by atoms with Gasteiger partial charge >= 0.3 is 0 Å². The fourth-order valence-corrected chi connectivity index (χ4v) is 2.51. The number of likely N-dealkylation sites (tertiary alicyclic amines) is 1. The van der Waals surface area contributed by atoms with E-state index in [-0.39, 0.29) is 17.9 Å². The quantitative estimate of drug-likeness (QED) is 0.866. The number of aliphatic hydroxyl groups is 1. The molecule has 1 heterocycles. The summed E-state index contributed by atoms with van der Waals surface area (Å²) in [6.45, 7) is 5.73. The number of carbonyl (C=O) groups is 1. The lowest BCUT2D eigenvalue weighted by Gasteiger charge is -2.33. The average molecular weight is 289 g/mol. The number of piperidine rings is 1. The van der Waals surface area contributed by atoms with Crippen LogP contribution in [-0.4, -0.2) is 41.7 Å². The molecule has 1 saturated heterocycles. The number of rotatable bonds is 4. The lowest BCUT2D eigenvalue weighted by molar-refractivity contribution is -0.129. The zero-order valence-electron chi connectivity index (χ0n) is 12.7. The predicted molar refractivity (Wildman–Crippen MR) is 83.0 cm³/mol. The van der Waals surface area contributed by atoms with E-state index in [4.69, 9.17) is 4.74 Å². The Morgan fingerprint density at radius 2 is 2.24 bits per heavy atom. The van der Waals surface area contributed by atoms with E-state index in [1.807, 2.05) is 38.1 Å². The van der Waals surface area contributed by atoms with Crippen molar-refractivity contribution in [2.45, 2.75) is 26.4 Å². The van der Waals surface area contributed by atoms with E-state index in [0.29, 0.717) is 26.1 Å². The number of hydrogen-bond acceptors (Lipinski definition) is 3. The largest absolute Gasteiger partial charge is 0.493 e. The van der Waals surface area contributed by atoms with Gasteiger partial charge in [-0.25, -0.2) is 0 Å². The van der Waals surface area contributed by atoms with Crippen LogP contribution in [0.5, 0.6) is 5.75 Å². The van der Waals surface area contributed by atoms with Crippen LogP contribution in [0.2, 0.25) is 0 Å². The Balaban J connectivity index is 2.02. The van der Waals surface area contributed by atoms with Crippen LogP contribution in [0.15, 0.2) is 30.3 Å². The zero-order chi connectivity index (χ0) is 15.2. The van der Waals surface area contributed by atoms with Crippen LogP contribution in [0.4, 0.5) is 0 Å². The van der Waals surface area contributed by atoms with Crippen molar-refractivity contribution in [3.8, 4) is 5.75 Å². The average Bonchev–Trinajstić information content (AvgIpc) is 2.49. The number of hydrogen-bond donors (Lipinski definition) is 1. The minimum absolute atomic E-state index is 0.0138. The van der Waals surface area contributed by atoms with E-state index in [2.05, 4.69) is 0 Å². The highest BCUT2D eigenvalue weighted by molar-refractivity contribution is 5.92. The Morgan fingerprint density at radius 1 is 1.48 bits per heavy atom. The van der Waals surface area contributed by atoms with Gasteiger partial charge in [0.25, 0.3) is 0 Å². The molecule has 1 aliphatic rings. The molecule has 1 N–H and O–H groups in total. The number of benzene rings is 1. The van der Waals surface area contributed by atoms with Crippen LogP contribution < -0.4 is 4.74 Å². The van der Waals surface area contributed by atoms with Crippen molar-refractivity contribution in [1.29, 1.82) is 0 Å². The smallest absolute Gasteiger partial charge is 0.246 e. The molecular formula is C17H23NO3. The van der Waals surface area contributed by atoms with Crippen molar-refractivity contribution >= 4 is 12.0 Å². The lowest BCUT2D eigenvalue weighted by Crippen LogP contribution is -2.44. The molecule has 1 fully saturated rings. The second-order valence-electron chi connectivity index (χ2n) is 5.42. The van der Waals surface area contributed by atoms with Gasteiger partial charge in [-0.2, -0.15) is 0 Å². The summed E-state index contributed by atoms with van der Waals surface area (Å²) >= 11 is 0. The second-order valence-corrected chi connectivity index (χ2v) is 5.42. The Labute approximate surface area is 126 Å². The van der Waals surface area contributed by atoms with E-state index < -0.39 is 0 Å². The Morgan fingerprint density at radius 3 is 2.95 bits per heavy atom. The van der Waals surface area contributed by atoms with Crippen molar-refractivity contribution in [3.05, 3.63) is 35.9 Å². The van der Waals surface area contributed by atoms with Crippen LogP contribution in [-0.2, 0) is 4.79 Å². The molecule has 1 aromatic carbocycles. The van der Waals surface area contributed by atoms with Gasteiger partial charge in [0, 0.05) is 24.7 Å². The Bertz CT molecular complexity index is 513. The number of aliphatic hydroxyl groups excluding tert-OH is 1. The fourth-order valence-electron chi connectivity index (χ4n) is 2.51. The maximum atomic E-state index is 12.2. The number of ether oxygens (including phenoxy) is 1. The summed E-state index contributed by atoms with van der Waals surface area (Å²) in [4.78, 5) is 14.0. The predicted octanol–water partition coefficient (Wildman–Crippen LogP) is 2.33. The highest BCUT2D eigenvalue weighted by Crippen LogP contribution is 2.20. The van der Waals surface area contributed by atoms with E-state index in [0.717, 1.165) is 11.3 Å². The molecular weight excluding hydrogens is 266 g/mol. The third-order valence-corrected chi connectivity index (χ3v) is 3.80. The van der Waals surface area contributed by atoms with Crippen molar-refractivity contribution in [2.24, 2.45) is 5.92 Å². The van der Waals surface area contributed by atoms with Gasteiger partial charge < -0.3 is 14.7 Å². The molecule has 4 nitrogen and oxygen atoms in total. The number of carbonyl (C=O) groups excluding carboxylic acids is 1.